The van der Waals surface area contributed by atoms with Crippen molar-refractivity contribution in [3.8, 4) is 11.5 Å². The van der Waals surface area contributed by atoms with Crippen LogP contribution in [0.5, 0.6) is 11.5 Å². The second-order valence-electron chi connectivity index (χ2n) is 4.83. The van der Waals surface area contributed by atoms with Gasteiger partial charge in [-0.2, -0.15) is 0 Å². The molecule has 0 aliphatic rings. The molecule has 0 amide bonds. The van der Waals surface area contributed by atoms with Gasteiger partial charge >= 0.3 is 0 Å². The van der Waals surface area contributed by atoms with Gasteiger partial charge in [0.25, 0.3) is 0 Å². The maximum Gasteiger partial charge on any atom is 0.133 e. The third-order valence-corrected chi connectivity index (χ3v) is 3.40. The number of aryl methyl sites for hydroxylation is 1. The minimum Gasteiger partial charge on any atom is -0.457 e. The molecule has 0 fully saturated rings. The van der Waals surface area contributed by atoms with Crippen LogP contribution in [0.2, 0.25) is 0 Å². The molecule has 1 unspecified atom stereocenters. The van der Waals surface area contributed by atoms with Crippen molar-refractivity contribution in [3.05, 3.63) is 59.4 Å². The van der Waals surface area contributed by atoms with Crippen molar-refractivity contribution in [1.82, 2.24) is 5.32 Å². The molecule has 2 aromatic carbocycles. The van der Waals surface area contributed by atoms with E-state index in [0.717, 1.165) is 17.7 Å². The van der Waals surface area contributed by atoms with Crippen molar-refractivity contribution in [1.29, 1.82) is 0 Å². The van der Waals surface area contributed by atoms with Crippen molar-refractivity contribution in [3.63, 3.8) is 0 Å². The zero-order valence-corrected chi connectivity index (χ0v) is 12.1. The number of hydrogen-bond donors (Lipinski definition) is 1. The quantitative estimate of drug-likeness (QED) is 0.859. The van der Waals surface area contributed by atoms with Crippen LogP contribution in [-0.2, 0) is 0 Å². The van der Waals surface area contributed by atoms with Gasteiger partial charge in [0.2, 0.25) is 0 Å². The van der Waals surface area contributed by atoms with E-state index in [0.29, 0.717) is 11.8 Å². The van der Waals surface area contributed by atoms with Crippen molar-refractivity contribution in [2.45, 2.75) is 26.3 Å². The lowest BCUT2D eigenvalue weighted by Crippen LogP contribution is -2.14. The van der Waals surface area contributed by atoms with Crippen molar-refractivity contribution < 1.29 is 9.13 Å². The summed E-state index contributed by atoms with van der Waals surface area (Å²) in [7, 11) is 1.94. The molecular formula is C17H20FNO. The van der Waals surface area contributed by atoms with Gasteiger partial charge in [0.15, 0.2) is 0 Å². The average molecular weight is 273 g/mol. The maximum atomic E-state index is 13.3. The zero-order valence-electron chi connectivity index (χ0n) is 12.1. The first-order valence-corrected chi connectivity index (χ1v) is 6.85. The summed E-state index contributed by atoms with van der Waals surface area (Å²) < 4.78 is 19.1. The first-order chi connectivity index (χ1) is 9.63. The highest BCUT2D eigenvalue weighted by atomic mass is 19.1. The second kappa shape index (κ2) is 6.53. The Bertz CT molecular complexity index is 579. The molecule has 0 aromatic heterocycles. The fraction of sp³-hybridized carbons (Fsp3) is 0.294. The molecule has 0 saturated heterocycles. The minimum absolute atomic E-state index is 0.289. The standard InChI is InChI=1S/C17H20FNO/c1-4-16(19-3)13-6-5-7-15(10-13)20-17-11-14(18)9-8-12(17)2/h5-11,16,19H,4H2,1-3H3. The Labute approximate surface area is 119 Å². The fourth-order valence-electron chi connectivity index (χ4n) is 2.21. The van der Waals surface area contributed by atoms with E-state index >= 15 is 0 Å². The highest BCUT2D eigenvalue weighted by Gasteiger charge is 2.08. The van der Waals surface area contributed by atoms with Gasteiger partial charge in [0.05, 0.1) is 0 Å². The molecule has 0 heterocycles. The van der Waals surface area contributed by atoms with Crippen molar-refractivity contribution in [2.75, 3.05) is 7.05 Å². The van der Waals surface area contributed by atoms with Gasteiger partial charge in [-0.15, -0.1) is 0 Å². The van der Waals surface area contributed by atoms with Gasteiger partial charge in [0.1, 0.15) is 17.3 Å². The molecule has 1 N–H and O–H groups in total. The van der Waals surface area contributed by atoms with Gasteiger partial charge < -0.3 is 10.1 Å². The van der Waals surface area contributed by atoms with Crippen LogP contribution in [0.1, 0.15) is 30.5 Å². The summed E-state index contributed by atoms with van der Waals surface area (Å²) in [6.45, 7) is 4.03. The molecule has 0 saturated carbocycles. The minimum atomic E-state index is -0.289. The Hall–Kier alpha value is -1.87. The van der Waals surface area contributed by atoms with Crippen molar-refractivity contribution in [2.24, 2.45) is 0 Å². The van der Waals surface area contributed by atoms with Crippen LogP contribution in [0.15, 0.2) is 42.5 Å². The molecule has 0 aliphatic carbocycles. The van der Waals surface area contributed by atoms with E-state index in [-0.39, 0.29) is 5.82 Å². The normalized spacial score (nSPS) is 12.2. The van der Waals surface area contributed by atoms with Crippen LogP contribution < -0.4 is 10.1 Å². The topological polar surface area (TPSA) is 21.3 Å². The summed E-state index contributed by atoms with van der Waals surface area (Å²) in [4.78, 5) is 0. The van der Waals surface area contributed by atoms with Crippen LogP contribution in [0.25, 0.3) is 0 Å². The van der Waals surface area contributed by atoms with Crippen molar-refractivity contribution >= 4 is 0 Å². The third-order valence-electron chi connectivity index (χ3n) is 3.40. The number of halogens is 1. The largest absolute Gasteiger partial charge is 0.457 e. The smallest absolute Gasteiger partial charge is 0.133 e. The third kappa shape index (κ3) is 3.36. The highest BCUT2D eigenvalue weighted by molar-refractivity contribution is 5.39. The molecule has 20 heavy (non-hydrogen) atoms. The lowest BCUT2D eigenvalue weighted by atomic mass is 10.0. The molecule has 0 spiro atoms. The molecule has 106 valence electrons. The summed E-state index contributed by atoms with van der Waals surface area (Å²) in [5.74, 6) is 0.993. The predicted octanol–water partition coefficient (Wildman–Crippen LogP) is 4.60. The van der Waals surface area contributed by atoms with Crippen LogP contribution in [0.3, 0.4) is 0 Å². The molecule has 1 atom stereocenters. The van der Waals surface area contributed by atoms with Crippen LogP contribution in [-0.4, -0.2) is 7.05 Å². The van der Waals surface area contributed by atoms with Crippen LogP contribution >= 0.6 is 0 Å². The van der Waals surface area contributed by atoms with E-state index in [1.54, 1.807) is 6.07 Å². The van der Waals surface area contributed by atoms with Gasteiger partial charge in [-0.3, -0.25) is 0 Å². The molecule has 2 rings (SSSR count). The fourth-order valence-corrected chi connectivity index (χ4v) is 2.21. The highest BCUT2D eigenvalue weighted by Crippen LogP contribution is 2.28. The number of benzene rings is 2. The first-order valence-electron chi connectivity index (χ1n) is 6.85. The second-order valence-corrected chi connectivity index (χ2v) is 4.83. The molecule has 3 heteroatoms. The predicted molar refractivity (Wildman–Crippen MR) is 79.7 cm³/mol. The molecular weight excluding hydrogens is 253 g/mol. The summed E-state index contributed by atoms with van der Waals surface area (Å²) in [5.41, 5.74) is 2.08. The van der Waals surface area contributed by atoms with Crippen LogP contribution in [0, 0.1) is 12.7 Å². The number of rotatable bonds is 5. The van der Waals surface area contributed by atoms with E-state index in [1.807, 2.05) is 32.2 Å². The molecule has 0 aliphatic heterocycles. The maximum absolute atomic E-state index is 13.3. The lowest BCUT2D eigenvalue weighted by molar-refractivity contribution is 0.470. The summed E-state index contributed by atoms with van der Waals surface area (Å²) in [6.07, 6.45) is 0.999. The summed E-state index contributed by atoms with van der Waals surface area (Å²) in [6, 6.07) is 12.8. The Balaban J connectivity index is 2.25. The van der Waals surface area contributed by atoms with E-state index in [4.69, 9.17) is 4.74 Å². The Morgan fingerprint density at radius 2 is 2.00 bits per heavy atom. The van der Waals surface area contributed by atoms with Gasteiger partial charge in [-0.1, -0.05) is 25.1 Å². The molecule has 0 radical (unpaired) electrons. The van der Waals surface area contributed by atoms with Gasteiger partial charge in [-0.25, -0.2) is 4.39 Å². The first kappa shape index (κ1) is 14.5. The Morgan fingerprint density at radius 1 is 1.20 bits per heavy atom. The van der Waals surface area contributed by atoms with E-state index in [1.165, 1.54) is 17.7 Å². The van der Waals surface area contributed by atoms with E-state index in [2.05, 4.69) is 18.3 Å². The van der Waals surface area contributed by atoms with Gasteiger partial charge in [0, 0.05) is 12.1 Å². The number of hydrogen-bond acceptors (Lipinski definition) is 2. The number of nitrogens with one attached hydrogen (secondary N) is 1. The van der Waals surface area contributed by atoms with Gasteiger partial charge in [-0.05, 0) is 49.7 Å². The number of ether oxygens (including phenoxy) is 1. The average Bonchev–Trinajstić information content (AvgIpc) is 2.45. The van der Waals surface area contributed by atoms with Crippen LogP contribution in [0.4, 0.5) is 4.39 Å². The molecule has 2 nitrogen and oxygen atoms in total. The molecule has 0 bridgehead atoms. The zero-order chi connectivity index (χ0) is 14.5. The van der Waals surface area contributed by atoms with E-state index < -0.39 is 0 Å². The SMILES string of the molecule is CCC(NC)c1cccc(Oc2cc(F)ccc2C)c1. The lowest BCUT2D eigenvalue weighted by Gasteiger charge is -2.16. The Morgan fingerprint density at radius 3 is 2.70 bits per heavy atom. The Kier molecular flexibility index (Phi) is 4.74. The molecule has 2 aromatic rings. The summed E-state index contributed by atoms with van der Waals surface area (Å²) >= 11 is 0. The monoisotopic (exact) mass is 273 g/mol. The van der Waals surface area contributed by atoms with E-state index in [9.17, 15) is 4.39 Å². The summed E-state index contributed by atoms with van der Waals surface area (Å²) in [5, 5.41) is 3.26.